The van der Waals surface area contributed by atoms with Crippen LogP contribution >= 0.6 is 0 Å². The van der Waals surface area contributed by atoms with Crippen LogP contribution in [0.4, 0.5) is 0 Å². The van der Waals surface area contributed by atoms with Gasteiger partial charge in [0, 0.05) is 11.6 Å². The van der Waals surface area contributed by atoms with E-state index in [0.717, 1.165) is 11.0 Å². The Balaban J connectivity index is 2.67. The first-order valence-corrected chi connectivity index (χ1v) is 4.54. The molecule has 3 rings (SSSR count). The van der Waals surface area contributed by atoms with E-state index in [1.165, 1.54) is 10.9 Å². The molecule has 0 aliphatic heterocycles. The summed E-state index contributed by atoms with van der Waals surface area (Å²) in [7, 11) is 0. The molecule has 3 aromatic rings. The van der Waals surface area contributed by atoms with Gasteiger partial charge in [-0.1, -0.05) is 24.3 Å². The molecule has 0 N–H and O–H groups in total. The number of pyridine rings is 1. The van der Waals surface area contributed by atoms with Crippen LogP contribution in [0.15, 0.2) is 36.8 Å². The fraction of sp³-hybridized carbons (Fsp3) is 0.0909. The number of hydrogen-bond donors (Lipinski definition) is 0. The summed E-state index contributed by atoms with van der Waals surface area (Å²) in [4.78, 5) is 4.24. The minimum absolute atomic E-state index is 0.922. The van der Waals surface area contributed by atoms with E-state index in [2.05, 4.69) is 29.1 Å². The highest BCUT2D eigenvalue weighted by Crippen LogP contribution is 2.20. The number of rotatable bonds is 0. The normalized spacial score (nSPS) is 11.2. The van der Waals surface area contributed by atoms with E-state index in [4.69, 9.17) is 0 Å². The number of aryl methyl sites for hydroxylation is 1. The van der Waals surface area contributed by atoms with Crippen LogP contribution in [0.2, 0.25) is 0 Å². The number of fused-ring (bicyclic) bond motifs is 3. The number of hydrogen-bond acceptors (Lipinski definition) is 2. The molecule has 2 heterocycles. The predicted molar refractivity (Wildman–Crippen MR) is 55.2 cm³/mol. The van der Waals surface area contributed by atoms with E-state index >= 15 is 0 Å². The van der Waals surface area contributed by atoms with Gasteiger partial charge in [0.2, 0.25) is 0 Å². The van der Waals surface area contributed by atoms with E-state index in [1.54, 1.807) is 6.33 Å². The Bertz CT molecular complexity index is 610. The Morgan fingerprint density at radius 3 is 2.79 bits per heavy atom. The zero-order valence-corrected chi connectivity index (χ0v) is 7.81. The van der Waals surface area contributed by atoms with Gasteiger partial charge in [-0.25, -0.2) is 9.50 Å². The molecule has 0 saturated carbocycles. The molecule has 0 bridgehead atoms. The standard InChI is InChI=1S/C11H9N3/c1-8-6-14-11(12-7-13-14)10-5-3-2-4-9(8)10/h2-7H,1H3. The maximum atomic E-state index is 4.24. The van der Waals surface area contributed by atoms with Gasteiger partial charge < -0.3 is 0 Å². The summed E-state index contributed by atoms with van der Waals surface area (Å²) < 4.78 is 1.82. The summed E-state index contributed by atoms with van der Waals surface area (Å²) >= 11 is 0. The van der Waals surface area contributed by atoms with Crippen LogP contribution in [0, 0.1) is 6.92 Å². The Hall–Kier alpha value is -1.90. The Kier molecular flexibility index (Phi) is 1.36. The highest BCUT2D eigenvalue weighted by atomic mass is 15.3. The Morgan fingerprint density at radius 2 is 1.93 bits per heavy atom. The molecule has 0 aliphatic carbocycles. The SMILES string of the molecule is Cc1cn2ncnc2c2ccccc12. The fourth-order valence-corrected chi connectivity index (χ4v) is 1.81. The van der Waals surface area contributed by atoms with Crippen LogP contribution in [-0.4, -0.2) is 14.6 Å². The first kappa shape index (κ1) is 7.50. The first-order valence-electron chi connectivity index (χ1n) is 4.54. The number of aromatic nitrogens is 3. The lowest BCUT2D eigenvalue weighted by atomic mass is 10.1. The van der Waals surface area contributed by atoms with Crippen LogP contribution < -0.4 is 0 Å². The molecule has 0 radical (unpaired) electrons. The molecule has 0 spiro atoms. The topological polar surface area (TPSA) is 30.2 Å². The molecule has 1 aromatic carbocycles. The molecule has 0 atom stereocenters. The molecule has 68 valence electrons. The van der Waals surface area contributed by atoms with Crippen molar-refractivity contribution >= 4 is 16.4 Å². The van der Waals surface area contributed by atoms with Gasteiger partial charge in [0.15, 0.2) is 5.65 Å². The Labute approximate surface area is 81.0 Å². The quantitative estimate of drug-likeness (QED) is 0.534. The number of nitrogens with zero attached hydrogens (tertiary/aromatic N) is 3. The lowest BCUT2D eigenvalue weighted by Crippen LogP contribution is -1.90. The lowest BCUT2D eigenvalue weighted by molar-refractivity contribution is 0.958. The largest absolute Gasteiger partial charge is 0.220 e. The molecule has 0 unspecified atom stereocenters. The number of benzene rings is 1. The molecule has 0 fully saturated rings. The van der Waals surface area contributed by atoms with Crippen LogP contribution in [-0.2, 0) is 0 Å². The smallest absolute Gasteiger partial charge is 0.163 e. The van der Waals surface area contributed by atoms with Crippen molar-refractivity contribution in [1.82, 2.24) is 14.6 Å². The third-order valence-corrected chi connectivity index (χ3v) is 2.48. The van der Waals surface area contributed by atoms with E-state index in [-0.39, 0.29) is 0 Å². The molecule has 14 heavy (non-hydrogen) atoms. The molecular weight excluding hydrogens is 174 g/mol. The van der Waals surface area contributed by atoms with Gasteiger partial charge in [0.25, 0.3) is 0 Å². The van der Waals surface area contributed by atoms with Crippen molar-refractivity contribution in [1.29, 1.82) is 0 Å². The summed E-state index contributed by atoms with van der Waals surface area (Å²) in [6, 6.07) is 8.25. The average Bonchev–Trinajstić information content (AvgIpc) is 2.66. The third kappa shape index (κ3) is 0.865. The van der Waals surface area contributed by atoms with Crippen molar-refractivity contribution in [2.75, 3.05) is 0 Å². The van der Waals surface area contributed by atoms with Crippen molar-refractivity contribution in [2.45, 2.75) is 6.92 Å². The van der Waals surface area contributed by atoms with E-state index in [1.807, 2.05) is 22.8 Å². The molecule has 0 amide bonds. The second-order valence-corrected chi connectivity index (χ2v) is 3.39. The van der Waals surface area contributed by atoms with E-state index < -0.39 is 0 Å². The van der Waals surface area contributed by atoms with Gasteiger partial charge in [-0.2, -0.15) is 5.10 Å². The minimum atomic E-state index is 0.922. The van der Waals surface area contributed by atoms with Crippen LogP contribution in [0.1, 0.15) is 5.56 Å². The van der Waals surface area contributed by atoms with Gasteiger partial charge in [0.1, 0.15) is 6.33 Å². The van der Waals surface area contributed by atoms with Crippen LogP contribution in [0.5, 0.6) is 0 Å². The van der Waals surface area contributed by atoms with Crippen molar-refractivity contribution in [2.24, 2.45) is 0 Å². The van der Waals surface area contributed by atoms with E-state index in [0.29, 0.717) is 0 Å². The van der Waals surface area contributed by atoms with Gasteiger partial charge in [0.05, 0.1) is 0 Å². The van der Waals surface area contributed by atoms with Gasteiger partial charge in [-0.05, 0) is 17.9 Å². The zero-order valence-electron chi connectivity index (χ0n) is 7.81. The molecular formula is C11H9N3. The summed E-state index contributed by atoms with van der Waals surface area (Å²) in [5.41, 5.74) is 2.14. The highest BCUT2D eigenvalue weighted by Gasteiger charge is 2.03. The molecule has 0 aliphatic rings. The van der Waals surface area contributed by atoms with Crippen LogP contribution in [0.25, 0.3) is 16.4 Å². The maximum absolute atomic E-state index is 4.24. The molecule has 3 heteroatoms. The molecule has 3 nitrogen and oxygen atoms in total. The van der Waals surface area contributed by atoms with Gasteiger partial charge in [-0.15, -0.1) is 0 Å². The second kappa shape index (κ2) is 2.54. The third-order valence-electron chi connectivity index (χ3n) is 2.48. The summed E-state index contributed by atoms with van der Waals surface area (Å²) in [5, 5.41) is 6.54. The zero-order chi connectivity index (χ0) is 9.54. The Morgan fingerprint density at radius 1 is 1.14 bits per heavy atom. The first-order chi connectivity index (χ1) is 6.86. The van der Waals surface area contributed by atoms with Crippen molar-refractivity contribution in [3.8, 4) is 0 Å². The van der Waals surface area contributed by atoms with Crippen molar-refractivity contribution < 1.29 is 0 Å². The summed E-state index contributed by atoms with van der Waals surface area (Å²) in [6.45, 7) is 2.09. The summed E-state index contributed by atoms with van der Waals surface area (Å²) in [6.07, 6.45) is 3.59. The van der Waals surface area contributed by atoms with Crippen LogP contribution in [0.3, 0.4) is 0 Å². The van der Waals surface area contributed by atoms with Gasteiger partial charge >= 0.3 is 0 Å². The average molecular weight is 183 g/mol. The second-order valence-electron chi connectivity index (χ2n) is 3.39. The van der Waals surface area contributed by atoms with Crippen molar-refractivity contribution in [3.63, 3.8) is 0 Å². The summed E-state index contributed by atoms with van der Waals surface area (Å²) in [5.74, 6) is 0. The fourth-order valence-electron chi connectivity index (χ4n) is 1.81. The highest BCUT2D eigenvalue weighted by molar-refractivity contribution is 5.95. The van der Waals surface area contributed by atoms with E-state index in [9.17, 15) is 0 Å². The molecule has 0 saturated heterocycles. The monoisotopic (exact) mass is 183 g/mol. The lowest BCUT2D eigenvalue weighted by Gasteiger charge is -2.02. The maximum Gasteiger partial charge on any atom is 0.163 e. The predicted octanol–water partition coefficient (Wildman–Crippen LogP) is 2.19. The van der Waals surface area contributed by atoms with Crippen molar-refractivity contribution in [3.05, 3.63) is 42.4 Å². The van der Waals surface area contributed by atoms with Gasteiger partial charge in [-0.3, -0.25) is 0 Å². The minimum Gasteiger partial charge on any atom is -0.220 e. The molecule has 2 aromatic heterocycles.